The number of aliphatic imine (C=N–C) groups is 1. The van der Waals surface area contributed by atoms with Gasteiger partial charge in [0, 0.05) is 83.9 Å². The van der Waals surface area contributed by atoms with E-state index in [9.17, 15) is 62.6 Å². The Morgan fingerprint density at radius 2 is 0.989 bits per heavy atom. The fourth-order valence-electron chi connectivity index (χ4n) is 7.42. The molecule has 0 spiro atoms. The average Bonchev–Trinajstić information content (AvgIpc) is 4.04. The minimum atomic E-state index is -1.66. The number of allylic oxidation sites excluding steroid dienone is 1. The standard InChI is InChI=1S/C55H94N12O21/c1-4-5-12-41(51(76)58-3)64-54(79)44(31-56)67-53(78)43(30-39-10-6-15-59-39)66-52(77)42(13-14-46(57)71)65-55(80)45(33-68)63-47(72)32-62-50(75)37-88-29-25-84-21-17-61-49(74)36-87-28-23-82-19-8-11-40(70)34-85-26-24-83-20-16-60-48(73)35-86-27-22-81-18-7-9-38(2)69/h10,15,41-45,68H,4-9,11-14,16-37,56H2,1-3H3,(H2,57,71)(H,58,76)(H,60,73)(H,61,74)(H,62,75)(H,63,72)(H,64,79)(H,65,80)(H,66,77)(H,67,78)/t41-,42-,43-,44-,45-/m0/s1. The van der Waals surface area contributed by atoms with Gasteiger partial charge in [0.05, 0.1) is 79.2 Å². The summed E-state index contributed by atoms with van der Waals surface area (Å²) >= 11 is 0. The van der Waals surface area contributed by atoms with Crippen LogP contribution < -0.4 is 59.3 Å². The van der Waals surface area contributed by atoms with E-state index < -0.39 is 110 Å². The monoisotopic (exact) mass is 1260 g/mol. The summed E-state index contributed by atoms with van der Waals surface area (Å²) in [4.78, 5) is 154. The number of amides is 10. The SMILES string of the molecule is CCCC[C@H](NC(=O)[C@H](CN)NC(=O)[C@H](CC1=CCC=N1)NC(=O)[C@H](CCC(N)=O)NC(=O)[C@H](CO)NC(=O)CNC(=O)COCCOCCNC(=O)COCCOCCCC(=O)COCCOCCNC(=O)COCCOCCCC(C)=O)C(=O)NC. The van der Waals surface area contributed by atoms with Gasteiger partial charge in [-0.15, -0.1) is 0 Å². The van der Waals surface area contributed by atoms with Crippen LogP contribution in [-0.2, 0) is 95.4 Å². The van der Waals surface area contributed by atoms with Gasteiger partial charge in [0.15, 0.2) is 5.78 Å². The molecule has 1 rings (SSSR count). The van der Waals surface area contributed by atoms with Crippen LogP contribution in [0.25, 0.3) is 0 Å². The maximum Gasteiger partial charge on any atom is 0.246 e. The van der Waals surface area contributed by atoms with Crippen LogP contribution in [-0.4, -0.2) is 258 Å². The molecule has 0 aliphatic carbocycles. The van der Waals surface area contributed by atoms with Crippen molar-refractivity contribution in [2.75, 3.05) is 146 Å². The minimum Gasteiger partial charge on any atom is -0.394 e. The number of likely N-dealkylation sites (N-methyl/N-ethyl adjacent to an activating group) is 1. The van der Waals surface area contributed by atoms with Gasteiger partial charge in [-0.25, -0.2) is 0 Å². The predicted molar refractivity (Wildman–Crippen MR) is 313 cm³/mol. The quantitative estimate of drug-likeness (QED) is 0.0253. The molecule has 0 saturated carbocycles. The summed E-state index contributed by atoms with van der Waals surface area (Å²) in [6.07, 6.45) is 6.28. The zero-order valence-corrected chi connectivity index (χ0v) is 50.9. The number of carbonyl (C=O) groups is 12. The fourth-order valence-corrected chi connectivity index (χ4v) is 7.42. The first kappa shape index (κ1) is 79.1. The third-order valence-corrected chi connectivity index (χ3v) is 12.1. The number of rotatable bonds is 56. The van der Waals surface area contributed by atoms with E-state index in [0.717, 1.165) is 6.42 Å². The Morgan fingerprint density at radius 1 is 0.523 bits per heavy atom. The van der Waals surface area contributed by atoms with Gasteiger partial charge >= 0.3 is 0 Å². The maximum absolute atomic E-state index is 13.8. The topological polar surface area (TPSA) is 472 Å². The van der Waals surface area contributed by atoms with Crippen molar-refractivity contribution >= 4 is 76.9 Å². The molecule has 5 atom stereocenters. The number of ketones is 2. The molecule has 0 aromatic rings. The van der Waals surface area contributed by atoms with E-state index in [0.29, 0.717) is 64.0 Å². The molecule has 0 unspecified atom stereocenters. The molecule has 33 nitrogen and oxygen atoms in total. The van der Waals surface area contributed by atoms with Crippen LogP contribution in [0.15, 0.2) is 16.8 Å². The van der Waals surface area contributed by atoms with Crippen molar-refractivity contribution < 1.29 is 101 Å². The van der Waals surface area contributed by atoms with Crippen LogP contribution in [0.4, 0.5) is 0 Å². The molecule has 1 aliphatic heterocycles. The largest absolute Gasteiger partial charge is 0.394 e. The number of ether oxygens (including phenoxy) is 8. The van der Waals surface area contributed by atoms with Crippen molar-refractivity contribution in [3.05, 3.63) is 11.8 Å². The molecule has 0 fully saturated rings. The van der Waals surface area contributed by atoms with Crippen LogP contribution in [0, 0.1) is 0 Å². The van der Waals surface area contributed by atoms with Crippen molar-refractivity contribution in [1.29, 1.82) is 0 Å². The summed E-state index contributed by atoms with van der Waals surface area (Å²) in [5.41, 5.74) is 11.6. The molecule has 0 radical (unpaired) electrons. The molecule has 1 heterocycles. The lowest BCUT2D eigenvalue weighted by atomic mass is 10.1. The highest BCUT2D eigenvalue weighted by molar-refractivity contribution is 5.97. The van der Waals surface area contributed by atoms with E-state index in [-0.39, 0.29) is 136 Å². The summed E-state index contributed by atoms with van der Waals surface area (Å²) in [5.74, 6) is -7.27. The molecule has 10 amide bonds. The van der Waals surface area contributed by atoms with Gasteiger partial charge in [-0.1, -0.05) is 25.8 Å². The molecule has 500 valence electrons. The number of Topliss-reactive ketones (excluding diaryl/α,β-unsaturated/α-hetero) is 2. The summed E-state index contributed by atoms with van der Waals surface area (Å²) in [6.45, 7) is 3.60. The average molecular weight is 1260 g/mol. The first-order valence-corrected chi connectivity index (χ1v) is 29.3. The molecule has 0 aromatic heterocycles. The summed E-state index contributed by atoms with van der Waals surface area (Å²) in [7, 11) is 1.41. The van der Waals surface area contributed by atoms with Crippen molar-refractivity contribution in [3.63, 3.8) is 0 Å². The van der Waals surface area contributed by atoms with Crippen molar-refractivity contribution in [3.8, 4) is 0 Å². The van der Waals surface area contributed by atoms with Crippen LogP contribution >= 0.6 is 0 Å². The Hall–Kier alpha value is -6.95. The second-order valence-electron chi connectivity index (χ2n) is 19.6. The Morgan fingerprint density at radius 3 is 1.49 bits per heavy atom. The van der Waals surface area contributed by atoms with E-state index in [2.05, 4.69) is 52.8 Å². The van der Waals surface area contributed by atoms with E-state index >= 15 is 0 Å². The molecule has 33 heteroatoms. The summed E-state index contributed by atoms with van der Waals surface area (Å²) < 4.78 is 42.6. The number of nitrogens with zero attached hydrogens (tertiary/aromatic N) is 1. The van der Waals surface area contributed by atoms with Gasteiger partial charge in [-0.3, -0.25) is 57.7 Å². The Balaban J connectivity index is 2.30. The number of primary amides is 1. The van der Waals surface area contributed by atoms with E-state index in [4.69, 9.17) is 49.4 Å². The first-order valence-electron chi connectivity index (χ1n) is 29.3. The van der Waals surface area contributed by atoms with Crippen LogP contribution in [0.5, 0.6) is 0 Å². The number of aliphatic hydroxyl groups is 1. The Labute approximate surface area is 512 Å². The number of hydrogen-bond acceptors (Lipinski definition) is 23. The smallest absolute Gasteiger partial charge is 0.246 e. The molecule has 88 heavy (non-hydrogen) atoms. The second kappa shape index (κ2) is 51.0. The minimum absolute atomic E-state index is 0.0262. The molecule has 0 saturated heterocycles. The third-order valence-electron chi connectivity index (χ3n) is 12.1. The highest BCUT2D eigenvalue weighted by atomic mass is 16.5. The fraction of sp³-hybridized carbons (Fsp3) is 0.727. The summed E-state index contributed by atoms with van der Waals surface area (Å²) in [5, 5.41) is 32.2. The molecule has 0 aromatic carbocycles. The van der Waals surface area contributed by atoms with Crippen LogP contribution in [0.2, 0.25) is 0 Å². The molecular weight excluding hydrogens is 1160 g/mol. The molecule has 0 bridgehead atoms. The molecule has 1 aliphatic rings. The van der Waals surface area contributed by atoms with Gasteiger partial charge in [0.25, 0.3) is 0 Å². The van der Waals surface area contributed by atoms with Gasteiger partial charge in [-0.2, -0.15) is 0 Å². The lowest BCUT2D eigenvalue weighted by Gasteiger charge is -2.26. The predicted octanol–water partition coefficient (Wildman–Crippen LogP) is -5.49. The maximum atomic E-state index is 13.8. The van der Waals surface area contributed by atoms with Gasteiger partial charge in [0.1, 0.15) is 62.4 Å². The zero-order valence-electron chi connectivity index (χ0n) is 50.9. The van der Waals surface area contributed by atoms with E-state index in [1.54, 1.807) is 12.3 Å². The summed E-state index contributed by atoms with van der Waals surface area (Å²) in [6, 6.07) is -6.87. The van der Waals surface area contributed by atoms with Crippen molar-refractivity contribution in [2.24, 2.45) is 16.5 Å². The number of nitrogens with one attached hydrogen (secondary N) is 9. The highest BCUT2D eigenvalue weighted by Crippen LogP contribution is 2.14. The van der Waals surface area contributed by atoms with Crippen molar-refractivity contribution in [2.45, 2.75) is 115 Å². The number of aliphatic hydroxyl groups excluding tert-OH is 1. The van der Waals surface area contributed by atoms with E-state index in [1.165, 1.54) is 14.0 Å². The first-order chi connectivity index (χ1) is 42.3. The zero-order chi connectivity index (χ0) is 65.2. The normalized spacial score (nSPS) is 13.4. The van der Waals surface area contributed by atoms with Gasteiger partial charge in [0.2, 0.25) is 59.1 Å². The van der Waals surface area contributed by atoms with E-state index in [1.807, 2.05) is 6.92 Å². The van der Waals surface area contributed by atoms with Crippen LogP contribution in [0.1, 0.15) is 84.5 Å². The van der Waals surface area contributed by atoms with Gasteiger partial charge < -0.3 is 107 Å². The lowest BCUT2D eigenvalue weighted by Crippen LogP contribution is -2.60. The highest BCUT2D eigenvalue weighted by Gasteiger charge is 2.33. The molecular formula is C55H94N12O21. The van der Waals surface area contributed by atoms with Gasteiger partial charge in [-0.05, 0) is 32.6 Å². The Kier molecular flexibility index (Phi) is 45.8. The molecule has 14 N–H and O–H groups in total. The van der Waals surface area contributed by atoms with Crippen LogP contribution in [0.3, 0.4) is 0 Å². The Bertz CT molecular complexity index is 2210. The second-order valence-corrected chi connectivity index (χ2v) is 19.6. The lowest BCUT2D eigenvalue weighted by molar-refractivity contribution is -0.135. The third kappa shape index (κ3) is 41.2. The number of hydrogen-bond donors (Lipinski definition) is 12. The number of carbonyl (C=O) groups excluding carboxylic acids is 12. The number of nitrogens with two attached hydrogens (primary N) is 2. The number of unbranched alkanes of at least 4 members (excludes halogenated alkanes) is 1. The van der Waals surface area contributed by atoms with Crippen molar-refractivity contribution in [1.82, 2.24) is 47.9 Å².